The fourth-order valence-electron chi connectivity index (χ4n) is 2.37. The molecule has 2 aromatic carbocycles. The summed E-state index contributed by atoms with van der Waals surface area (Å²) in [7, 11) is 0. The summed E-state index contributed by atoms with van der Waals surface area (Å²) in [6.45, 7) is 4.26. The third-order valence-corrected chi connectivity index (χ3v) is 4.37. The first-order valence-electron chi connectivity index (χ1n) is 8.37. The quantitative estimate of drug-likeness (QED) is 0.547. The van der Waals surface area contributed by atoms with Crippen molar-refractivity contribution in [2.24, 2.45) is 0 Å². The molecule has 0 unspecified atom stereocenters. The minimum Gasteiger partial charge on any atom is -0.352 e. The lowest BCUT2D eigenvalue weighted by molar-refractivity contribution is 0.753. The van der Waals surface area contributed by atoms with Crippen molar-refractivity contribution in [1.29, 1.82) is 0 Å². The van der Waals surface area contributed by atoms with E-state index in [-0.39, 0.29) is 0 Å². The first-order chi connectivity index (χ1) is 12.1. The SMILES string of the molecule is CC[C@@H](C)Nc1nc(Nc2cccc(Br)c2)cc(-c2ccccc2)n1. The number of benzene rings is 2. The molecule has 0 bridgehead atoms. The number of anilines is 3. The van der Waals surface area contributed by atoms with E-state index in [0.717, 1.165) is 33.7 Å². The molecule has 0 saturated carbocycles. The van der Waals surface area contributed by atoms with Gasteiger partial charge in [-0.25, -0.2) is 4.98 Å². The first-order valence-corrected chi connectivity index (χ1v) is 9.17. The third kappa shape index (κ3) is 4.79. The lowest BCUT2D eigenvalue weighted by atomic mass is 10.1. The van der Waals surface area contributed by atoms with Gasteiger partial charge in [-0.05, 0) is 31.5 Å². The van der Waals surface area contributed by atoms with Gasteiger partial charge in [0.25, 0.3) is 0 Å². The van der Waals surface area contributed by atoms with Crippen LogP contribution in [0, 0.1) is 0 Å². The molecule has 0 fully saturated rings. The summed E-state index contributed by atoms with van der Waals surface area (Å²) in [5.41, 5.74) is 2.93. The molecule has 0 aliphatic heterocycles. The van der Waals surface area contributed by atoms with Crippen LogP contribution in [-0.2, 0) is 0 Å². The molecule has 3 rings (SSSR count). The first kappa shape index (κ1) is 17.4. The zero-order chi connectivity index (χ0) is 17.6. The van der Waals surface area contributed by atoms with Gasteiger partial charge in [0.2, 0.25) is 5.95 Å². The van der Waals surface area contributed by atoms with E-state index in [1.807, 2.05) is 48.5 Å². The average molecular weight is 397 g/mol. The van der Waals surface area contributed by atoms with E-state index in [2.05, 4.69) is 62.5 Å². The molecular formula is C20H21BrN4. The van der Waals surface area contributed by atoms with Crippen molar-refractivity contribution in [3.05, 3.63) is 65.1 Å². The Hall–Kier alpha value is -2.40. The number of aromatic nitrogens is 2. The molecule has 3 aromatic rings. The van der Waals surface area contributed by atoms with Gasteiger partial charge >= 0.3 is 0 Å². The molecule has 5 heteroatoms. The highest BCUT2D eigenvalue weighted by molar-refractivity contribution is 9.10. The summed E-state index contributed by atoms with van der Waals surface area (Å²) < 4.78 is 1.02. The van der Waals surface area contributed by atoms with Gasteiger partial charge in [0.15, 0.2) is 0 Å². The van der Waals surface area contributed by atoms with Crippen LogP contribution < -0.4 is 10.6 Å². The van der Waals surface area contributed by atoms with Gasteiger partial charge in [0.1, 0.15) is 5.82 Å². The largest absolute Gasteiger partial charge is 0.352 e. The Kier molecular flexibility index (Phi) is 5.66. The monoisotopic (exact) mass is 396 g/mol. The van der Waals surface area contributed by atoms with Gasteiger partial charge in [-0.15, -0.1) is 0 Å². The molecule has 0 amide bonds. The van der Waals surface area contributed by atoms with Crippen molar-refractivity contribution in [2.75, 3.05) is 10.6 Å². The molecule has 0 aliphatic carbocycles. The number of nitrogens with zero attached hydrogens (tertiary/aromatic N) is 2. The Morgan fingerprint density at radius 1 is 1.00 bits per heavy atom. The fraction of sp³-hybridized carbons (Fsp3) is 0.200. The second-order valence-electron chi connectivity index (χ2n) is 5.92. The maximum Gasteiger partial charge on any atom is 0.225 e. The Morgan fingerprint density at radius 3 is 2.52 bits per heavy atom. The van der Waals surface area contributed by atoms with Crippen LogP contribution in [0.5, 0.6) is 0 Å². The van der Waals surface area contributed by atoms with E-state index >= 15 is 0 Å². The van der Waals surface area contributed by atoms with Crippen LogP contribution in [0.3, 0.4) is 0 Å². The average Bonchev–Trinajstić information content (AvgIpc) is 2.62. The van der Waals surface area contributed by atoms with Crippen molar-refractivity contribution >= 4 is 33.4 Å². The molecular weight excluding hydrogens is 376 g/mol. The van der Waals surface area contributed by atoms with Crippen molar-refractivity contribution < 1.29 is 0 Å². The minimum absolute atomic E-state index is 0.310. The van der Waals surface area contributed by atoms with E-state index in [1.54, 1.807) is 0 Å². The van der Waals surface area contributed by atoms with Crippen molar-refractivity contribution in [2.45, 2.75) is 26.3 Å². The summed E-state index contributed by atoms with van der Waals surface area (Å²) in [6, 6.07) is 20.4. The van der Waals surface area contributed by atoms with Crippen LogP contribution in [0.1, 0.15) is 20.3 Å². The topological polar surface area (TPSA) is 49.8 Å². The lowest BCUT2D eigenvalue weighted by Gasteiger charge is -2.14. The number of hydrogen-bond acceptors (Lipinski definition) is 4. The predicted octanol–water partition coefficient (Wildman–Crippen LogP) is 5.86. The summed E-state index contributed by atoms with van der Waals surface area (Å²) >= 11 is 3.50. The van der Waals surface area contributed by atoms with Gasteiger partial charge < -0.3 is 10.6 Å². The fourth-order valence-corrected chi connectivity index (χ4v) is 2.77. The zero-order valence-corrected chi connectivity index (χ0v) is 15.9. The maximum atomic E-state index is 4.68. The predicted molar refractivity (Wildman–Crippen MR) is 108 cm³/mol. The van der Waals surface area contributed by atoms with E-state index < -0.39 is 0 Å². The van der Waals surface area contributed by atoms with Gasteiger partial charge in [-0.3, -0.25) is 0 Å². The van der Waals surface area contributed by atoms with Gasteiger partial charge in [-0.1, -0.05) is 59.3 Å². The third-order valence-electron chi connectivity index (χ3n) is 3.88. The summed E-state index contributed by atoms with van der Waals surface area (Å²) in [5, 5.41) is 6.73. The standard InChI is InChI=1S/C20H21BrN4/c1-3-14(2)22-20-24-18(15-8-5-4-6-9-15)13-19(25-20)23-17-11-7-10-16(21)12-17/h4-14H,3H2,1-2H3,(H2,22,23,24,25)/t14-/m1/s1. The smallest absolute Gasteiger partial charge is 0.225 e. The Bertz CT molecular complexity index is 836. The van der Waals surface area contributed by atoms with E-state index in [1.165, 1.54) is 0 Å². The van der Waals surface area contributed by atoms with Gasteiger partial charge in [0, 0.05) is 27.8 Å². The number of rotatable bonds is 6. The summed E-state index contributed by atoms with van der Waals surface area (Å²) in [6.07, 6.45) is 1.01. The molecule has 25 heavy (non-hydrogen) atoms. The Labute approximate surface area is 156 Å². The normalized spacial score (nSPS) is 11.8. The van der Waals surface area contributed by atoms with Crippen LogP contribution in [0.2, 0.25) is 0 Å². The van der Waals surface area contributed by atoms with Crippen LogP contribution in [-0.4, -0.2) is 16.0 Å². The summed E-state index contributed by atoms with van der Waals surface area (Å²) in [4.78, 5) is 9.30. The van der Waals surface area contributed by atoms with Crippen LogP contribution in [0.15, 0.2) is 65.1 Å². The highest BCUT2D eigenvalue weighted by Crippen LogP contribution is 2.25. The Balaban J connectivity index is 1.97. The summed E-state index contributed by atoms with van der Waals surface area (Å²) in [5.74, 6) is 1.39. The molecule has 4 nitrogen and oxygen atoms in total. The molecule has 0 aliphatic rings. The number of nitrogens with one attached hydrogen (secondary N) is 2. The molecule has 0 saturated heterocycles. The van der Waals surface area contributed by atoms with E-state index in [9.17, 15) is 0 Å². The lowest BCUT2D eigenvalue weighted by Crippen LogP contribution is -2.16. The molecule has 0 radical (unpaired) electrons. The molecule has 1 aromatic heterocycles. The van der Waals surface area contributed by atoms with Crippen LogP contribution in [0.25, 0.3) is 11.3 Å². The number of hydrogen-bond donors (Lipinski definition) is 2. The second kappa shape index (κ2) is 8.12. The maximum absolute atomic E-state index is 4.68. The molecule has 2 N–H and O–H groups in total. The Morgan fingerprint density at radius 2 is 1.80 bits per heavy atom. The van der Waals surface area contributed by atoms with Crippen LogP contribution in [0.4, 0.5) is 17.5 Å². The molecule has 1 atom stereocenters. The highest BCUT2D eigenvalue weighted by atomic mass is 79.9. The van der Waals surface area contributed by atoms with Gasteiger partial charge in [-0.2, -0.15) is 4.98 Å². The van der Waals surface area contributed by atoms with Gasteiger partial charge in [0.05, 0.1) is 5.69 Å². The minimum atomic E-state index is 0.310. The number of halogens is 1. The molecule has 1 heterocycles. The molecule has 0 spiro atoms. The van der Waals surface area contributed by atoms with E-state index in [4.69, 9.17) is 0 Å². The van der Waals surface area contributed by atoms with E-state index in [0.29, 0.717) is 12.0 Å². The zero-order valence-electron chi connectivity index (χ0n) is 14.3. The van der Waals surface area contributed by atoms with Crippen molar-refractivity contribution in [3.63, 3.8) is 0 Å². The highest BCUT2D eigenvalue weighted by Gasteiger charge is 2.09. The molecule has 128 valence electrons. The van der Waals surface area contributed by atoms with Crippen molar-refractivity contribution in [1.82, 2.24) is 9.97 Å². The second-order valence-corrected chi connectivity index (χ2v) is 6.83. The van der Waals surface area contributed by atoms with Crippen molar-refractivity contribution in [3.8, 4) is 11.3 Å². The van der Waals surface area contributed by atoms with Crippen LogP contribution >= 0.6 is 15.9 Å².